The van der Waals surface area contributed by atoms with Crippen LogP contribution in [0.15, 0.2) is 50.6 Å². The molecule has 0 saturated carbocycles. The molecule has 0 fully saturated rings. The van der Waals surface area contributed by atoms with Crippen molar-refractivity contribution in [3.63, 3.8) is 0 Å². The van der Waals surface area contributed by atoms with Gasteiger partial charge in [-0.15, -0.1) is 24.0 Å². The van der Waals surface area contributed by atoms with Gasteiger partial charge in [0.2, 0.25) is 0 Å². The number of halogens is 2. The lowest BCUT2D eigenvalue weighted by Gasteiger charge is -2.19. The molecule has 1 unspecified atom stereocenters. The number of benzene rings is 1. The van der Waals surface area contributed by atoms with Crippen molar-refractivity contribution in [1.82, 2.24) is 15.8 Å². The fourth-order valence-corrected chi connectivity index (χ4v) is 2.43. The van der Waals surface area contributed by atoms with Crippen LogP contribution in [-0.2, 0) is 6.54 Å². The van der Waals surface area contributed by atoms with E-state index in [0.29, 0.717) is 6.54 Å². The molecule has 1 heterocycles. The summed E-state index contributed by atoms with van der Waals surface area (Å²) in [5.74, 6) is 0.719. The first kappa shape index (κ1) is 18.0. The second kappa shape index (κ2) is 9.04. The molecule has 21 heavy (non-hydrogen) atoms. The molecule has 2 rings (SSSR count). The molecule has 2 N–H and O–H groups in total. The average Bonchev–Trinajstić information content (AvgIpc) is 2.97. The Balaban J connectivity index is 0.00000220. The van der Waals surface area contributed by atoms with E-state index in [0.717, 1.165) is 16.1 Å². The van der Waals surface area contributed by atoms with Crippen molar-refractivity contribution in [1.29, 1.82) is 0 Å². The van der Waals surface area contributed by atoms with Crippen molar-refractivity contribution in [3.8, 4) is 0 Å². The first-order chi connectivity index (χ1) is 9.70. The molecule has 0 bridgehead atoms. The maximum atomic E-state index is 4.79. The third kappa shape index (κ3) is 5.31. The largest absolute Gasteiger partial charge is 0.364 e. The summed E-state index contributed by atoms with van der Waals surface area (Å²) < 4.78 is 5.87. The second-order valence-corrected chi connectivity index (χ2v) is 5.16. The van der Waals surface area contributed by atoms with Crippen molar-refractivity contribution < 1.29 is 4.52 Å². The van der Waals surface area contributed by atoms with Gasteiger partial charge in [0.05, 0.1) is 12.6 Å². The second-order valence-electron chi connectivity index (χ2n) is 4.30. The lowest BCUT2D eigenvalue weighted by atomic mass is 10.1. The molecular formula is C14H18BrIN4O. The Labute approximate surface area is 149 Å². The summed E-state index contributed by atoms with van der Waals surface area (Å²) in [4.78, 5) is 4.20. The molecule has 2 aromatic rings. The van der Waals surface area contributed by atoms with Gasteiger partial charge < -0.3 is 15.2 Å². The minimum absolute atomic E-state index is 0. The van der Waals surface area contributed by atoms with E-state index in [1.807, 2.05) is 24.3 Å². The zero-order chi connectivity index (χ0) is 14.4. The van der Waals surface area contributed by atoms with Crippen molar-refractivity contribution in [2.24, 2.45) is 4.99 Å². The third-order valence-corrected chi connectivity index (χ3v) is 3.60. The summed E-state index contributed by atoms with van der Waals surface area (Å²) >= 11 is 3.56. The number of rotatable bonds is 4. The van der Waals surface area contributed by atoms with Crippen molar-refractivity contribution in [2.45, 2.75) is 19.5 Å². The standard InChI is InChI=1S/C14H17BrN4O.HI/c1-10(12-5-3-4-6-13(12)15)18-14(16-2)17-9-11-7-8-20-19-11;/h3-8,10H,9H2,1-2H3,(H2,16,17,18);1H. The highest BCUT2D eigenvalue weighted by Gasteiger charge is 2.10. The highest BCUT2D eigenvalue weighted by molar-refractivity contribution is 14.0. The van der Waals surface area contributed by atoms with Gasteiger partial charge in [0.1, 0.15) is 12.0 Å². The van der Waals surface area contributed by atoms with E-state index < -0.39 is 0 Å². The maximum Gasteiger partial charge on any atom is 0.191 e. The molecular weight excluding hydrogens is 447 g/mol. The minimum Gasteiger partial charge on any atom is -0.364 e. The van der Waals surface area contributed by atoms with Gasteiger partial charge in [-0.3, -0.25) is 4.99 Å². The van der Waals surface area contributed by atoms with Gasteiger partial charge in [-0.2, -0.15) is 0 Å². The van der Waals surface area contributed by atoms with Crippen molar-refractivity contribution >= 4 is 45.9 Å². The Morgan fingerprint density at radius 3 is 2.76 bits per heavy atom. The molecule has 114 valence electrons. The molecule has 1 aromatic heterocycles. The Morgan fingerprint density at radius 1 is 1.38 bits per heavy atom. The first-order valence-electron chi connectivity index (χ1n) is 6.31. The predicted octanol–water partition coefficient (Wildman–Crippen LogP) is 3.48. The molecule has 0 aliphatic heterocycles. The van der Waals surface area contributed by atoms with Crippen LogP contribution in [0.2, 0.25) is 0 Å². The molecule has 0 aliphatic carbocycles. The Morgan fingerprint density at radius 2 is 2.14 bits per heavy atom. The Bertz CT molecular complexity index is 574. The van der Waals surface area contributed by atoms with Crippen LogP contribution in [0.1, 0.15) is 24.2 Å². The summed E-state index contributed by atoms with van der Waals surface area (Å²) in [5.41, 5.74) is 2.01. The minimum atomic E-state index is 0. The van der Waals surface area contributed by atoms with Crippen molar-refractivity contribution in [2.75, 3.05) is 7.05 Å². The molecule has 1 aromatic carbocycles. The molecule has 0 aliphatic rings. The van der Waals surface area contributed by atoms with Crippen molar-refractivity contribution in [3.05, 3.63) is 52.3 Å². The highest BCUT2D eigenvalue weighted by atomic mass is 127. The van der Waals surface area contributed by atoms with E-state index in [2.05, 4.69) is 49.7 Å². The average molecular weight is 465 g/mol. The zero-order valence-corrected chi connectivity index (χ0v) is 15.8. The van der Waals surface area contributed by atoms with E-state index in [9.17, 15) is 0 Å². The summed E-state index contributed by atoms with van der Waals surface area (Å²) in [5, 5.41) is 10.4. The first-order valence-corrected chi connectivity index (χ1v) is 7.11. The van der Waals surface area contributed by atoms with Gasteiger partial charge in [-0.05, 0) is 18.6 Å². The van der Waals surface area contributed by atoms with Crippen LogP contribution >= 0.6 is 39.9 Å². The van der Waals surface area contributed by atoms with Crippen LogP contribution < -0.4 is 10.6 Å². The molecule has 0 radical (unpaired) electrons. The Kier molecular flexibility index (Phi) is 7.73. The van der Waals surface area contributed by atoms with E-state index in [1.54, 1.807) is 13.3 Å². The van der Waals surface area contributed by atoms with E-state index in [4.69, 9.17) is 4.52 Å². The fraction of sp³-hybridized carbons (Fsp3) is 0.286. The van der Waals surface area contributed by atoms with Crippen LogP contribution in [0, 0.1) is 0 Å². The van der Waals surface area contributed by atoms with E-state index in [1.165, 1.54) is 5.56 Å². The Hall–Kier alpha value is -1.09. The number of nitrogens with one attached hydrogen (secondary N) is 2. The predicted molar refractivity (Wildman–Crippen MR) is 97.8 cm³/mol. The van der Waals surface area contributed by atoms with Gasteiger partial charge >= 0.3 is 0 Å². The monoisotopic (exact) mass is 464 g/mol. The van der Waals surface area contributed by atoms with Crippen LogP contribution in [0.5, 0.6) is 0 Å². The lowest BCUT2D eigenvalue weighted by molar-refractivity contribution is 0.410. The lowest BCUT2D eigenvalue weighted by Crippen LogP contribution is -2.38. The number of aliphatic imine (C=N–C) groups is 1. The summed E-state index contributed by atoms with van der Waals surface area (Å²) in [6, 6.07) is 10.1. The molecule has 7 heteroatoms. The van der Waals surface area contributed by atoms with E-state index in [-0.39, 0.29) is 30.0 Å². The van der Waals surface area contributed by atoms with Gasteiger partial charge in [-0.25, -0.2) is 0 Å². The zero-order valence-electron chi connectivity index (χ0n) is 11.8. The topological polar surface area (TPSA) is 62.5 Å². The number of nitrogens with zero attached hydrogens (tertiary/aromatic N) is 2. The van der Waals surface area contributed by atoms with E-state index >= 15 is 0 Å². The molecule has 5 nitrogen and oxygen atoms in total. The van der Waals surface area contributed by atoms with Gasteiger partial charge in [0.25, 0.3) is 0 Å². The van der Waals surface area contributed by atoms with Crippen LogP contribution in [-0.4, -0.2) is 18.2 Å². The summed E-state index contributed by atoms with van der Waals surface area (Å²) in [7, 11) is 1.74. The molecule has 0 amide bonds. The van der Waals surface area contributed by atoms with Crippen LogP contribution in [0.4, 0.5) is 0 Å². The maximum absolute atomic E-state index is 4.79. The molecule has 0 spiro atoms. The van der Waals surface area contributed by atoms with Gasteiger partial charge in [0, 0.05) is 17.6 Å². The van der Waals surface area contributed by atoms with Crippen LogP contribution in [0.3, 0.4) is 0 Å². The number of aromatic nitrogens is 1. The van der Waals surface area contributed by atoms with Gasteiger partial charge in [-0.1, -0.05) is 39.3 Å². The fourth-order valence-electron chi connectivity index (χ4n) is 1.81. The molecule has 1 atom stereocenters. The molecule has 0 saturated heterocycles. The smallest absolute Gasteiger partial charge is 0.191 e. The van der Waals surface area contributed by atoms with Crippen LogP contribution in [0.25, 0.3) is 0 Å². The number of guanidine groups is 1. The summed E-state index contributed by atoms with van der Waals surface area (Å²) in [6.07, 6.45) is 1.55. The highest BCUT2D eigenvalue weighted by Crippen LogP contribution is 2.22. The quantitative estimate of drug-likeness (QED) is 0.413. The number of hydrogen-bond acceptors (Lipinski definition) is 3. The number of hydrogen-bond donors (Lipinski definition) is 2. The SMILES string of the molecule is CN=C(NCc1ccon1)NC(C)c1ccccc1Br.I. The third-order valence-electron chi connectivity index (χ3n) is 2.88. The van der Waals surface area contributed by atoms with Gasteiger partial charge in [0.15, 0.2) is 5.96 Å². The normalized spacial score (nSPS) is 12.4. The summed E-state index contributed by atoms with van der Waals surface area (Å²) in [6.45, 7) is 2.65.